The SMILES string of the molecule is Cc1cc(C)c([S@+]([O-])CC(C)(F)F)cc1-n1cnc(C(F)(F)F)n1. The predicted octanol–water partition coefficient (Wildman–Crippen LogP) is 3.67. The Hall–Kier alpha value is -1.68. The zero-order valence-electron chi connectivity index (χ0n) is 13.0. The van der Waals surface area contributed by atoms with E-state index < -0.39 is 34.9 Å². The molecule has 0 spiro atoms. The van der Waals surface area contributed by atoms with Crippen molar-refractivity contribution in [3.05, 3.63) is 35.4 Å². The normalized spacial score (nSPS) is 14.0. The zero-order valence-corrected chi connectivity index (χ0v) is 13.8. The van der Waals surface area contributed by atoms with Crippen molar-refractivity contribution >= 4 is 11.2 Å². The molecule has 10 heteroatoms. The van der Waals surface area contributed by atoms with Crippen LogP contribution in [0.25, 0.3) is 5.69 Å². The third-order valence-corrected chi connectivity index (χ3v) is 4.82. The van der Waals surface area contributed by atoms with Gasteiger partial charge >= 0.3 is 6.18 Å². The number of hydrogen-bond donors (Lipinski definition) is 0. The van der Waals surface area contributed by atoms with Crippen LogP contribution in [-0.2, 0) is 17.4 Å². The monoisotopic (exact) mass is 367 g/mol. The molecule has 1 aromatic carbocycles. The molecule has 0 unspecified atom stereocenters. The molecule has 0 saturated heterocycles. The Morgan fingerprint density at radius 1 is 1.12 bits per heavy atom. The number of rotatable bonds is 4. The summed E-state index contributed by atoms with van der Waals surface area (Å²) in [5, 5.41) is 3.35. The van der Waals surface area contributed by atoms with Crippen LogP contribution in [0, 0.1) is 13.8 Å². The van der Waals surface area contributed by atoms with E-state index in [0.29, 0.717) is 18.1 Å². The highest BCUT2D eigenvalue weighted by Gasteiger charge is 2.36. The highest BCUT2D eigenvalue weighted by atomic mass is 32.2. The third kappa shape index (κ3) is 4.23. The molecule has 2 rings (SSSR count). The van der Waals surface area contributed by atoms with Crippen molar-refractivity contribution in [3.63, 3.8) is 0 Å². The summed E-state index contributed by atoms with van der Waals surface area (Å²) in [5.41, 5.74) is 1.26. The van der Waals surface area contributed by atoms with Crippen LogP contribution in [0.1, 0.15) is 23.9 Å². The van der Waals surface area contributed by atoms with E-state index in [1.165, 1.54) is 6.07 Å². The van der Waals surface area contributed by atoms with Gasteiger partial charge in [-0.05, 0) is 36.7 Å². The van der Waals surface area contributed by atoms with Crippen LogP contribution in [-0.4, -0.2) is 31.0 Å². The van der Waals surface area contributed by atoms with Crippen molar-refractivity contribution in [2.75, 3.05) is 5.75 Å². The van der Waals surface area contributed by atoms with E-state index in [2.05, 4.69) is 10.1 Å². The topological polar surface area (TPSA) is 53.8 Å². The first-order valence-electron chi connectivity index (χ1n) is 6.75. The summed E-state index contributed by atoms with van der Waals surface area (Å²) in [7, 11) is 0. The Labute approximate surface area is 137 Å². The molecule has 1 aromatic heterocycles. The summed E-state index contributed by atoms with van der Waals surface area (Å²) in [5.74, 6) is -5.31. The molecule has 1 heterocycles. The maximum Gasteiger partial charge on any atom is 0.453 e. The molecule has 0 aliphatic carbocycles. The molecule has 0 N–H and O–H groups in total. The molecular formula is C14H14F5N3OS. The Morgan fingerprint density at radius 2 is 1.75 bits per heavy atom. The fraction of sp³-hybridized carbons (Fsp3) is 0.429. The Balaban J connectivity index is 2.45. The van der Waals surface area contributed by atoms with Crippen molar-refractivity contribution in [2.45, 2.75) is 37.8 Å². The lowest BCUT2D eigenvalue weighted by Crippen LogP contribution is -2.25. The minimum atomic E-state index is -4.69. The van der Waals surface area contributed by atoms with E-state index in [1.54, 1.807) is 19.9 Å². The second kappa shape index (κ2) is 6.32. The maximum atomic E-state index is 13.1. The van der Waals surface area contributed by atoms with Crippen molar-refractivity contribution in [1.29, 1.82) is 0 Å². The lowest BCUT2D eigenvalue weighted by atomic mass is 10.1. The standard InChI is InChI=1S/C14H14F5N3OS/c1-8-4-9(2)11(24(23)6-13(3,15)16)5-10(8)22-7-20-12(21-22)14(17,18)19/h4-5,7H,6H2,1-3H3/t24-/m1/s1. The number of halogens is 5. The van der Waals surface area contributed by atoms with E-state index in [1.807, 2.05) is 0 Å². The molecule has 0 saturated carbocycles. The van der Waals surface area contributed by atoms with Crippen molar-refractivity contribution in [1.82, 2.24) is 14.8 Å². The average molecular weight is 367 g/mol. The van der Waals surface area contributed by atoms with Gasteiger partial charge < -0.3 is 4.55 Å². The fourth-order valence-corrected chi connectivity index (χ4v) is 3.41. The summed E-state index contributed by atoms with van der Waals surface area (Å²) in [6, 6.07) is 2.87. The quantitative estimate of drug-likeness (QED) is 0.612. The molecular weight excluding hydrogens is 353 g/mol. The fourth-order valence-electron chi connectivity index (χ4n) is 2.13. The first-order valence-corrected chi connectivity index (χ1v) is 8.07. The van der Waals surface area contributed by atoms with Gasteiger partial charge in [0.15, 0.2) is 10.6 Å². The average Bonchev–Trinajstić information content (AvgIpc) is 2.85. The molecule has 0 bridgehead atoms. The molecule has 2 aromatic rings. The number of alkyl halides is 5. The second-order valence-corrected chi connectivity index (χ2v) is 6.89. The van der Waals surface area contributed by atoms with E-state index >= 15 is 0 Å². The van der Waals surface area contributed by atoms with Gasteiger partial charge in [0.05, 0.1) is 5.69 Å². The molecule has 24 heavy (non-hydrogen) atoms. The van der Waals surface area contributed by atoms with Crippen LogP contribution in [0.15, 0.2) is 23.4 Å². The van der Waals surface area contributed by atoms with Gasteiger partial charge in [-0.3, -0.25) is 0 Å². The van der Waals surface area contributed by atoms with E-state index in [0.717, 1.165) is 11.0 Å². The summed E-state index contributed by atoms with van der Waals surface area (Å²) >= 11 is -2.00. The molecule has 0 aliphatic heterocycles. The Kier molecular flexibility index (Phi) is 4.91. The van der Waals surface area contributed by atoms with Crippen LogP contribution in [0.3, 0.4) is 0 Å². The lowest BCUT2D eigenvalue weighted by Gasteiger charge is -2.18. The molecule has 0 radical (unpaired) electrons. The minimum Gasteiger partial charge on any atom is -0.611 e. The number of aryl methyl sites for hydroxylation is 2. The first kappa shape index (κ1) is 18.7. The lowest BCUT2D eigenvalue weighted by molar-refractivity contribution is -0.144. The first-order chi connectivity index (χ1) is 10.9. The third-order valence-electron chi connectivity index (χ3n) is 3.12. The smallest absolute Gasteiger partial charge is 0.453 e. The van der Waals surface area contributed by atoms with Gasteiger partial charge in [0, 0.05) is 18.6 Å². The molecule has 0 amide bonds. The Morgan fingerprint density at radius 3 is 2.25 bits per heavy atom. The van der Waals surface area contributed by atoms with Gasteiger partial charge in [0.2, 0.25) is 0 Å². The van der Waals surface area contributed by atoms with Gasteiger partial charge in [-0.15, -0.1) is 5.10 Å². The largest absolute Gasteiger partial charge is 0.611 e. The highest BCUT2D eigenvalue weighted by Crippen LogP contribution is 2.29. The number of benzene rings is 1. The van der Waals surface area contributed by atoms with Crippen LogP contribution < -0.4 is 0 Å². The predicted molar refractivity (Wildman–Crippen MR) is 77.7 cm³/mol. The van der Waals surface area contributed by atoms with Crippen molar-refractivity contribution in [3.8, 4) is 5.69 Å². The van der Waals surface area contributed by atoms with Crippen LogP contribution in [0.5, 0.6) is 0 Å². The van der Waals surface area contributed by atoms with Gasteiger partial charge in [-0.25, -0.2) is 18.4 Å². The summed E-state index contributed by atoms with van der Waals surface area (Å²) in [4.78, 5) is 3.32. The molecule has 0 aliphatic rings. The molecule has 4 nitrogen and oxygen atoms in total. The van der Waals surface area contributed by atoms with Gasteiger partial charge in [-0.1, -0.05) is 0 Å². The zero-order chi connectivity index (χ0) is 18.3. The highest BCUT2D eigenvalue weighted by molar-refractivity contribution is 7.91. The number of aromatic nitrogens is 3. The Bertz CT molecular complexity index is 739. The summed E-state index contributed by atoms with van der Waals surface area (Å²) in [6.07, 6.45) is -3.82. The summed E-state index contributed by atoms with van der Waals surface area (Å²) in [6.45, 7) is 3.88. The number of nitrogens with zero attached hydrogens (tertiary/aromatic N) is 3. The van der Waals surface area contributed by atoms with Gasteiger partial charge in [0.25, 0.3) is 11.7 Å². The van der Waals surface area contributed by atoms with Crippen molar-refractivity contribution in [2.24, 2.45) is 0 Å². The molecule has 0 fully saturated rings. The van der Waals surface area contributed by atoms with Crippen LogP contribution in [0.4, 0.5) is 22.0 Å². The molecule has 132 valence electrons. The van der Waals surface area contributed by atoms with Crippen molar-refractivity contribution < 1.29 is 26.5 Å². The van der Waals surface area contributed by atoms with E-state index in [-0.39, 0.29) is 10.6 Å². The van der Waals surface area contributed by atoms with E-state index in [4.69, 9.17) is 0 Å². The van der Waals surface area contributed by atoms with Gasteiger partial charge in [-0.2, -0.15) is 13.2 Å². The van der Waals surface area contributed by atoms with Crippen LogP contribution in [0.2, 0.25) is 0 Å². The minimum absolute atomic E-state index is 0.126. The number of hydrogen-bond acceptors (Lipinski definition) is 3. The maximum absolute atomic E-state index is 13.1. The summed E-state index contributed by atoms with van der Waals surface area (Å²) < 4.78 is 77.0. The van der Waals surface area contributed by atoms with Crippen LogP contribution >= 0.6 is 0 Å². The molecule has 1 atom stereocenters. The van der Waals surface area contributed by atoms with Gasteiger partial charge in [0.1, 0.15) is 6.33 Å². The van der Waals surface area contributed by atoms with E-state index in [9.17, 15) is 26.5 Å². The second-order valence-electron chi connectivity index (χ2n) is 5.47.